The summed E-state index contributed by atoms with van der Waals surface area (Å²) in [5.41, 5.74) is 0.715. The highest BCUT2D eigenvalue weighted by atomic mass is 32.2. The predicted molar refractivity (Wildman–Crippen MR) is 103 cm³/mol. The zero-order valence-corrected chi connectivity index (χ0v) is 17.4. The quantitative estimate of drug-likeness (QED) is 0.466. The van der Waals surface area contributed by atoms with Gasteiger partial charge in [-0.15, -0.1) is 0 Å². The molecule has 1 atom stereocenters. The van der Waals surface area contributed by atoms with E-state index in [2.05, 4.69) is 25.2 Å². The third-order valence-corrected chi connectivity index (χ3v) is 5.01. The number of nitrogens with two attached hydrogens (primary N) is 1. The van der Waals surface area contributed by atoms with Crippen LogP contribution in [0.15, 0.2) is 23.9 Å². The van der Waals surface area contributed by atoms with Crippen molar-refractivity contribution in [3.8, 4) is 0 Å². The molecule has 1 aliphatic rings. The van der Waals surface area contributed by atoms with Gasteiger partial charge in [0.2, 0.25) is 0 Å². The SMILES string of the molecule is C/C=C1/NS(=O)(=O)OCC[C@H]1C.CCCCC/C=C\CCOS(N)(=O)=O. The molecule has 0 aliphatic carbocycles. The van der Waals surface area contributed by atoms with Gasteiger partial charge in [-0.2, -0.15) is 16.8 Å². The summed E-state index contributed by atoms with van der Waals surface area (Å²) in [6, 6.07) is 0. The van der Waals surface area contributed by atoms with Gasteiger partial charge in [0.1, 0.15) is 0 Å². The predicted octanol–water partition coefficient (Wildman–Crippen LogP) is 2.51. The highest BCUT2D eigenvalue weighted by Crippen LogP contribution is 2.17. The number of allylic oxidation sites excluding steroid dienone is 3. The number of nitrogens with one attached hydrogen (secondary N) is 1. The van der Waals surface area contributed by atoms with E-state index in [1.807, 2.05) is 19.1 Å². The summed E-state index contributed by atoms with van der Waals surface area (Å²) in [5, 5.41) is 4.64. The Labute approximate surface area is 158 Å². The number of unbranched alkanes of at least 4 members (excludes halogenated alkanes) is 3. The minimum absolute atomic E-state index is 0.128. The fourth-order valence-corrected chi connectivity index (χ4v) is 3.40. The van der Waals surface area contributed by atoms with E-state index in [9.17, 15) is 16.8 Å². The third-order valence-electron chi connectivity index (χ3n) is 3.55. The Morgan fingerprint density at radius 2 is 1.96 bits per heavy atom. The first-order valence-corrected chi connectivity index (χ1v) is 11.6. The van der Waals surface area contributed by atoms with E-state index in [1.165, 1.54) is 19.3 Å². The van der Waals surface area contributed by atoms with E-state index in [1.54, 1.807) is 13.0 Å². The van der Waals surface area contributed by atoms with E-state index in [4.69, 9.17) is 0 Å². The lowest BCUT2D eigenvalue weighted by Crippen LogP contribution is -2.24. The lowest BCUT2D eigenvalue weighted by atomic mass is 10.1. The second-order valence-corrected chi connectivity index (χ2v) is 8.45. The van der Waals surface area contributed by atoms with Gasteiger partial charge in [0.15, 0.2) is 0 Å². The Kier molecular flexibility index (Phi) is 12.8. The van der Waals surface area contributed by atoms with Gasteiger partial charge < -0.3 is 0 Å². The Morgan fingerprint density at radius 1 is 1.31 bits per heavy atom. The van der Waals surface area contributed by atoms with Gasteiger partial charge in [0.05, 0.1) is 13.2 Å². The standard InChI is InChI=1S/C9H19NO3S.C7H13NO3S/c1-2-3-4-5-6-7-8-9-13-14(10,11)12;1-3-7-6(2)4-5-11-12(9,10)8-7/h6-7H,2-5,8-9H2,1H3,(H2,10,11,12);3,6,8H,4-5H2,1-2H3/b7-6-;7-3+/t;6-/m.1/s1. The summed E-state index contributed by atoms with van der Waals surface area (Å²) in [4.78, 5) is 0. The molecule has 1 fully saturated rings. The van der Waals surface area contributed by atoms with Gasteiger partial charge in [-0.3, -0.25) is 13.1 Å². The Balaban J connectivity index is 0.000000485. The maximum absolute atomic E-state index is 11.0. The van der Waals surface area contributed by atoms with Crippen LogP contribution in [0.5, 0.6) is 0 Å². The van der Waals surface area contributed by atoms with Crippen molar-refractivity contribution in [1.82, 2.24) is 4.72 Å². The molecule has 8 nitrogen and oxygen atoms in total. The molecule has 0 aromatic rings. The van der Waals surface area contributed by atoms with E-state index < -0.39 is 20.6 Å². The van der Waals surface area contributed by atoms with Crippen molar-refractivity contribution in [2.24, 2.45) is 11.1 Å². The van der Waals surface area contributed by atoms with Crippen LogP contribution in [-0.2, 0) is 29.0 Å². The summed E-state index contributed by atoms with van der Waals surface area (Å²) in [7, 11) is -7.29. The fourth-order valence-electron chi connectivity index (χ4n) is 2.09. The second-order valence-electron chi connectivity index (χ2n) is 5.88. The fraction of sp³-hybridized carbons (Fsp3) is 0.750. The van der Waals surface area contributed by atoms with Crippen LogP contribution >= 0.6 is 0 Å². The highest BCUT2D eigenvalue weighted by Gasteiger charge is 2.21. The first-order chi connectivity index (χ1) is 12.1. The van der Waals surface area contributed by atoms with Crippen molar-refractivity contribution in [1.29, 1.82) is 0 Å². The first-order valence-electron chi connectivity index (χ1n) is 8.76. The number of rotatable bonds is 8. The van der Waals surface area contributed by atoms with Crippen molar-refractivity contribution >= 4 is 20.6 Å². The van der Waals surface area contributed by atoms with Crippen molar-refractivity contribution in [2.75, 3.05) is 13.2 Å². The Bertz CT molecular complexity index is 642. The van der Waals surface area contributed by atoms with E-state index in [0.717, 1.165) is 12.8 Å². The second kappa shape index (κ2) is 13.3. The molecular weight excluding hydrogens is 380 g/mol. The van der Waals surface area contributed by atoms with Crippen molar-refractivity contribution in [2.45, 2.75) is 59.3 Å². The van der Waals surface area contributed by atoms with Crippen LogP contribution in [0.2, 0.25) is 0 Å². The summed E-state index contributed by atoms with van der Waals surface area (Å²) in [6.07, 6.45) is 11.7. The molecule has 3 N–H and O–H groups in total. The normalized spacial score (nSPS) is 21.7. The summed E-state index contributed by atoms with van der Waals surface area (Å²) >= 11 is 0. The van der Waals surface area contributed by atoms with Gasteiger partial charge in [-0.05, 0) is 38.5 Å². The highest BCUT2D eigenvalue weighted by molar-refractivity contribution is 7.85. The zero-order valence-electron chi connectivity index (χ0n) is 15.8. The zero-order chi connectivity index (χ0) is 20.1. The molecule has 0 aromatic carbocycles. The Morgan fingerprint density at radius 3 is 2.54 bits per heavy atom. The van der Waals surface area contributed by atoms with Crippen LogP contribution in [0.1, 0.15) is 59.3 Å². The Hall–Kier alpha value is -0.940. The topological polar surface area (TPSA) is 125 Å². The molecule has 26 heavy (non-hydrogen) atoms. The third kappa shape index (κ3) is 14.3. The average molecular weight is 413 g/mol. The molecule has 1 aliphatic heterocycles. The van der Waals surface area contributed by atoms with Crippen molar-refractivity contribution in [3.63, 3.8) is 0 Å². The summed E-state index contributed by atoms with van der Waals surface area (Å²) < 4.78 is 54.0. The lowest BCUT2D eigenvalue weighted by molar-refractivity contribution is 0.306. The monoisotopic (exact) mass is 412 g/mol. The lowest BCUT2D eigenvalue weighted by Gasteiger charge is -2.10. The van der Waals surface area contributed by atoms with Gasteiger partial charge in [-0.1, -0.05) is 44.9 Å². The molecule has 154 valence electrons. The maximum atomic E-state index is 11.0. The molecule has 0 radical (unpaired) electrons. The van der Waals surface area contributed by atoms with Gasteiger partial charge in [0, 0.05) is 5.70 Å². The van der Waals surface area contributed by atoms with Gasteiger partial charge >= 0.3 is 20.6 Å². The largest absolute Gasteiger partial charge is 0.359 e. The molecule has 0 aromatic heterocycles. The van der Waals surface area contributed by atoms with E-state index >= 15 is 0 Å². The summed E-state index contributed by atoms with van der Waals surface area (Å²) in [6.45, 7) is 6.31. The molecule has 10 heteroatoms. The van der Waals surface area contributed by atoms with Crippen molar-refractivity contribution in [3.05, 3.63) is 23.9 Å². The van der Waals surface area contributed by atoms with Gasteiger partial charge in [-0.25, -0.2) is 5.14 Å². The molecule has 1 saturated heterocycles. The molecule has 1 rings (SSSR count). The molecule has 0 unspecified atom stereocenters. The molecular formula is C16H32N2O6S2. The van der Waals surface area contributed by atoms with Crippen LogP contribution in [0.25, 0.3) is 0 Å². The van der Waals surface area contributed by atoms with Crippen LogP contribution < -0.4 is 9.86 Å². The molecule has 0 spiro atoms. The van der Waals surface area contributed by atoms with Crippen LogP contribution in [0.4, 0.5) is 0 Å². The van der Waals surface area contributed by atoms with Crippen LogP contribution in [0, 0.1) is 5.92 Å². The van der Waals surface area contributed by atoms with E-state index in [-0.39, 0.29) is 19.1 Å². The number of hydrogen-bond donors (Lipinski definition) is 2. The average Bonchev–Trinajstić information content (AvgIpc) is 2.67. The van der Waals surface area contributed by atoms with Gasteiger partial charge in [0.25, 0.3) is 0 Å². The number of hydrogen-bond acceptors (Lipinski definition) is 6. The minimum atomic E-state index is -3.76. The van der Waals surface area contributed by atoms with Crippen LogP contribution in [-0.4, -0.2) is 30.0 Å². The van der Waals surface area contributed by atoms with Crippen molar-refractivity contribution < 1.29 is 25.2 Å². The minimum Gasteiger partial charge on any atom is -0.265 e. The van der Waals surface area contributed by atoms with E-state index in [0.29, 0.717) is 12.1 Å². The van der Waals surface area contributed by atoms with Crippen LogP contribution in [0.3, 0.4) is 0 Å². The molecule has 0 saturated carbocycles. The molecule has 0 amide bonds. The molecule has 0 bridgehead atoms. The maximum Gasteiger partial charge on any atom is 0.359 e. The smallest absolute Gasteiger partial charge is 0.265 e. The molecule has 1 heterocycles. The summed E-state index contributed by atoms with van der Waals surface area (Å²) in [5.74, 6) is 0.215. The first kappa shape index (κ1) is 25.1.